The van der Waals surface area contributed by atoms with Gasteiger partial charge in [0.25, 0.3) is 5.92 Å². The number of aromatic amines is 1. The summed E-state index contributed by atoms with van der Waals surface area (Å²) in [4.78, 5) is 19.0. The molecule has 5 rings (SSSR count). The maximum Gasteiger partial charge on any atom is 0.299 e. The number of benzene rings is 1. The van der Waals surface area contributed by atoms with Crippen molar-refractivity contribution in [1.29, 1.82) is 0 Å². The molecule has 0 radical (unpaired) electrons. The Morgan fingerprint density at radius 3 is 2.73 bits per heavy atom. The van der Waals surface area contributed by atoms with Crippen LogP contribution in [-0.2, 0) is 9.47 Å². The second kappa shape index (κ2) is 7.81. The summed E-state index contributed by atoms with van der Waals surface area (Å²) in [6.07, 6.45) is 0.896. The van der Waals surface area contributed by atoms with Gasteiger partial charge >= 0.3 is 0 Å². The number of hydrogen-bond donors (Lipinski definition) is 1. The third-order valence-electron chi connectivity index (χ3n) is 5.14. The Hall–Kier alpha value is -2.78. The fourth-order valence-electron chi connectivity index (χ4n) is 3.58. The molecule has 0 spiro atoms. The van der Waals surface area contributed by atoms with Crippen LogP contribution in [0.15, 0.2) is 47.5 Å². The van der Waals surface area contributed by atoms with Gasteiger partial charge in [-0.2, -0.15) is 0 Å². The third-order valence-corrected chi connectivity index (χ3v) is 5.14. The monoisotopic (exact) mass is 422 g/mol. The molecule has 2 aromatic heterocycles. The molecule has 0 amide bonds. The van der Waals surface area contributed by atoms with Gasteiger partial charge in [0, 0.05) is 30.6 Å². The number of pyridine rings is 2. The van der Waals surface area contributed by atoms with Crippen molar-refractivity contribution in [2.45, 2.75) is 37.6 Å². The minimum Gasteiger partial charge on any atom is -0.369 e. The van der Waals surface area contributed by atoms with Crippen molar-refractivity contribution < 1.29 is 27.0 Å². The van der Waals surface area contributed by atoms with Crippen LogP contribution < -0.4 is 5.43 Å². The van der Waals surface area contributed by atoms with Crippen LogP contribution in [0, 0.1) is 18.6 Å². The molecule has 2 aliphatic heterocycles. The molecular weight excluding hydrogens is 404 g/mol. The summed E-state index contributed by atoms with van der Waals surface area (Å²) in [5.74, 6) is -4.51. The number of rotatable bonds is 1. The maximum absolute atomic E-state index is 13.6. The van der Waals surface area contributed by atoms with E-state index >= 15 is 0 Å². The molecule has 0 aliphatic carbocycles. The number of halogens is 4. The molecule has 2 unspecified atom stereocenters. The molecule has 0 bridgehead atoms. The predicted octanol–water partition coefficient (Wildman–Crippen LogP) is 4.06. The number of ether oxygens (including phenoxy) is 2. The molecule has 1 aromatic carbocycles. The van der Waals surface area contributed by atoms with Gasteiger partial charge in [-0.3, -0.25) is 9.78 Å². The number of nitrogens with zero attached hydrogens (tertiary/aromatic N) is 1. The summed E-state index contributed by atoms with van der Waals surface area (Å²) in [5, 5.41) is 0.459. The fraction of sp³-hybridized carbons (Fsp3) is 0.333. The normalized spacial score (nSPS) is 24.4. The molecule has 158 valence electrons. The van der Waals surface area contributed by atoms with E-state index in [9.17, 15) is 22.4 Å². The zero-order valence-corrected chi connectivity index (χ0v) is 15.9. The van der Waals surface area contributed by atoms with Crippen molar-refractivity contribution >= 4 is 10.9 Å². The minimum absolute atomic E-state index is 0.208. The van der Waals surface area contributed by atoms with Crippen LogP contribution in [0.4, 0.5) is 17.6 Å². The summed E-state index contributed by atoms with van der Waals surface area (Å²) in [5.41, 5.74) is 1.24. The van der Waals surface area contributed by atoms with E-state index in [1.807, 2.05) is 0 Å². The van der Waals surface area contributed by atoms with Gasteiger partial charge in [0.05, 0.1) is 17.0 Å². The van der Waals surface area contributed by atoms with E-state index < -0.39 is 42.5 Å². The summed E-state index contributed by atoms with van der Waals surface area (Å²) >= 11 is 0. The maximum atomic E-state index is 13.6. The van der Waals surface area contributed by atoms with Crippen molar-refractivity contribution in [1.82, 2.24) is 9.97 Å². The zero-order chi connectivity index (χ0) is 21.5. The van der Waals surface area contributed by atoms with Crippen LogP contribution >= 0.6 is 0 Å². The topological polar surface area (TPSA) is 64.2 Å². The Kier molecular flexibility index (Phi) is 5.33. The molecule has 3 atom stereocenters. The lowest BCUT2D eigenvalue weighted by Crippen LogP contribution is -2.34. The SMILES string of the molecule is Cc1cccc(F)c1F.O=c1cc([C@H]2CC3OCC(F)(F)C3O2)[nH]c2ccncc12. The number of H-pyrrole nitrogens is 1. The van der Waals surface area contributed by atoms with E-state index in [2.05, 4.69) is 9.97 Å². The summed E-state index contributed by atoms with van der Waals surface area (Å²) in [6.45, 7) is 0.924. The van der Waals surface area contributed by atoms with E-state index in [0.29, 0.717) is 28.6 Å². The molecule has 4 heterocycles. The van der Waals surface area contributed by atoms with Crippen molar-refractivity contribution in [2.24, 2.45) is 0 Å². The van der Waals surface area contributed by atoms with Crippen LogP contribution in [0.5, 0.6) is 0 Å². The molecule has 3 aromatic rings. The molecule has 1 N–H and O–H groups in total. The number of aryl methyl sites for hydroxylation is 1. The van der Waals surface area contributed by atoms with Gasteiger partial charge in [-0.1, -0.05) is 12.1 Å². The van der Waals surface area contributed by atoms with Gasteiger partial charge in [0.2, 0.25) is 0 Å². The Bertz CT molecular complexity index is 1110. The average Bonchev–Trinajstić information content (AvgIpc) is 3.27. The van der Waals surface area contributed by atoms with Crippen molar-refractivity contribution in [3.8, 4) is 0 Å². The Labute approximate surface area is 168 Å². The highest BCUT2D eigenvalue weighted by atomic mass is 19.3. The summed E-state index contributed by atoms with van der Waals surface area (Å²) in [6, 6.07) is 7.16. The number of hydrogen-bond acceptors (Lipinski definition) is 4. The number of fused-ring (bicyclic) bond motifs is 2. The lowest BCUT2D eigenvalue weighted by molar-refractivity contribution is -0.114. The minimum atomic E-state index is -2.97. The van der Waals surface area contributed by atoms with Crippen molar-refractivity contribution in [3.05, 3.63) is 75.8 Å². The fourth-order valence-corrected chi connectivity index (χ4v) is 3.58. The van der Waals surface area contributed by atoms with Crippen molar-refractivity contribution in [3.63, 3.8) is 0 Å². The second-order valence-electron chi connectivity index (χ2n) is 7.27. The highest BCUT2D eigenvalue weighted by Crippen LogP contribution is 2.44. The number of alkyl halides is 2. The summed E-state index contributed by atoms with van der Waals surface area (Å²) in [7, 11) is 0. The molecule has 2 saturated heterocycles. The Morgan fingerprint density at radius 1 is 1.23 bits per heavy atom. The van der Waals surface area contributed by atoms with E-state index in [0.717, 1.165) is 6.07 Å². The van der Waals surface area contributed by atoms with E-state index in [4.69, 9.17) is 9.47 Å². The largest absolute Gasteiger partial charge is 0.369 e. The van der Waals surface area contributed by atoms with Gasteiger partial charge < -0.3 is 14.5 Å². The first-order valence-corrected chi connectivity index (χ1v) is 9.29. The molecule has 2 fully saturated rings. The standard InChI is InChI=1S/C14H12F2N2O3.C7H6F2/c15-14(16)6-20-12-4-11(21-13(12)14)9-3-10(19)7-5-17-2-1-8(7)18-9;1-5-3-2-4-6(8)7(5)9/h1-3,5,11-13H,4,6H2,(H,18,19);2-4H,1H3/t11-,12?,13?;/m1./s1. The average molecular weight is 422 g/mol. The van der Waals surface area contributed by atoms with Crippen molar-refractivity contribution in [2.75, 3.05) is 6.61 Å². The first kappa shape index (κ1) is 20.5. The van der Waals surface area contributed by atoms with Gasteiger partial charge in [-0.05, 0) is 24.6 Å². The molecule has 0 saturated carbocycles. The molecule has 5 nitrogen and oxygen atoms in total. The lowest BCUT2D eigenvalue weighted by atomic mass is 10.1. The lowest BCUT2D eigenvalue weighted by Gasteiger charge is -2.17. The molecular formula is C21H18F4N2O3. The number of aromatic nitrogens is 2. The van der Waals surface area contributed by atoms with E-state index in [1.54, 1.807) is 12.3 Å². The summed E-state index contributed by atoms with van der Waals surface area (Å²) < 4.78 is 62.3. The van der Waals surface area contributed by atoms with Crippen LogP contribution in [0.25, 0.3) is 10.9 Å². The van der Waals surface area contributed by atoms with Gasteiger partial charge in [-0.25, -0.2) is 17.6 Å². The van der Waals surface area contributed by atoms with Gasteiger partial charge in [0.15, 0.2) is 23.2 Å². The first-order valence-electron chi connectivity index (χ1n) is 9.29. The predicted molar refractivity (Wildman–Crippen MR) is 100 cm³/mol. The Morgan fingerprint density at radius 2 is 2.03 bits per heavy atom. The Balaban J connectivity index is 0.000000204. The van der Waals surface area contributed by atoms with Crippen LogP contribution in [0.1, 0.15) is 23.8 Å². The van der Waals surface area contributed by atoms with E-state index in [-0.39, 0.29) is 5.43 Å². The molecule has 9 heteroatoms. The highest BCUT2D eigenvalue weighted by molar-refractivity contribution is 5.77. The smallest absolute Gasteiger partial charge is 0.299 e. The van der Waals surface area contributed by atoms with E-state index in [1.165, 1.54) is 31.3 Å². The van der Waals surface area contributed by atoms with Gasteiger partial charge in [0.1, 0.15) is 12.7 Å². The van der Waals surface area contributed by atoms with Crippen LogP contribution in [0.2, 0.25) is 0 Å². The van der Waals surface area contributed by atoms with Gasteiger partial charge in [-0.15, -0.1) is 0 Å². The van der Waals surface area contributed by atoms with Crippen LogP contribution in [-0.4, -0.2) is 34.7 Å². The highest BCUT2D eigenvalue weighted by Gasteiger charge is 2.57. The second-order valence-corrected chi connectivity index (χ2v) is 7.27. The van der Waals surface area contributed by atoms with Crippen LogP contribution in [0.3, 0.4) is 0 Å². The molecule has 30 heavy (non-hydrogen) atoms. The molecule has 2 aliphatic rings. The quantitative estimate of drug-likeness (QED) is 0.601. The first-order chi connectivity index (χ1) is 14.3. The third kappa shape index (κ3) is 3.82. The number of nitrogens with one attached hydrogen (secondary N) is 1. The zero-order valence-electron chi connectivity index (χ0n) is 15.9.